The van der Waals surface area contributed by atoms with E-state index in [4.69, 9.17) is 0 Å². The van der Waals surface area contributed by atoms with E-state index >= 15 is 0 Å². The van der Waals surface area contributed by atoms with Crippen LogP contribution in [0.3, 0.4) is 0 Å². The normalized spacial score (nSPS) is 9.00. The van der Waals surface area contributed by atoms with Crippen LogP contribution in [0.25, 0.3) is 0 Å². The maximum atomic E-state index is 4.67. The third kappa shape index (κ3) is 4.75. The molecule has 0 fully saturated rings. The Hall–Kier alpha value is 0.600. The topological polar surface area (TPSA) is 27.7 Å². The molecule has 0 amide bonds. The van der Waals surface area contributed by atoms with Crippen molar-refractivity contribution in [3.8, 4) is 0 Å². The fourth-order valence-corrected chi connectivity index (χ4v) is 0.671. The van der Waals surface area contributed by atoms with Crippen molar-refractivity contribution >= 4 is 21.0 Å². The van der Waals surface area contributed by atoms with E-state index in [-0.39, 0.29) is 12.4 Å². The lowest BCUT2D eigenvalue weighted by atomic mass is 11.8. The summed E-state index contributed by atoms with van der Waals surface area (Å²) in [5.41, 5.74) is 0. The highest BCUT2D eigenvalue weighted by Gasteiger charge is 2.00. The Bertz CT molecular complexity index is 36.0. The molecule has 0 rings (SSSR count). The number of halogens is 1. The smallest absolute Gasteiger partial charge is 0.316 e. The van der Waals surface area contributed by atoms with Gasteiger partial charge in [0.15, 0.2) is 0 Å². The SMILES string of the molecule is COP(OC)OC.Cl. The summed E-state index contributed by atoms with van der Waals surface area (Å²) >= 11 is 0. The van der Waals surface area contributed by atoms with Crippen molar-refractivity contribution in [1.82, 2.24) is 0 Å². The quantitative estimate of drug-likeness (QED) is 0.587. The molecule has 0 atom stereocenters. The number of hydrogen-bond donors (Lipinski definition) is 0. The minimum absolute atomic E-state index is 0. The highest BCUT2D eigenvalue weighted by atomic mass is 35.5. The van der Waals surface area contributed by atoms with E-state index in [1.165, 1.54) is 0 Å². The summed E-state index contributed by atoms with van der Waals surface area (Å²) in [7, 11) is 3.57. The van der Waals surface area contributed by atoms with E-state index in [1.807, 2.05) is 0 Å². The molecule has 0 N–H and O–H groups in total. The molecule has 0 bridgehead atoms. The lowest BCUT2D eigenvalue weighted by Gasteiger charge is -2.05. The van der Waals surface area contributed by atoms with Gasteiger partial charge in [0, 0.05) is 21.3 Å². The van der Waals surface area contributed by atoms with Crippen molar-refractivity contribution in [2.75, 3.05) is 21.3 Å². The van der Waals surface area contributed by atoms with Gasteiger partial charge in [-0.1, -0.05) is 0 Å². The molecule has 0 radical (unpaired) electrons. The van der Waals surface area contributed by atoms with Crippen LogP contribution >= 0.6 is 21.0 Å². The molecule has 0 aliphatic heterocycles. The zero-order chi connectivity index (χ0) is 5.70. The van der Waals surface area contributed by atoms with E-state index < -0.39 is 8.60 Å². The van der Waals surface area contributed by atoms with Gasteiger partial charge in [0.1, 0.15) is 0 Å². The second-order valence-corrected chi connectivity index (χ2v) is 2.31. The highest BCUT2D eigenvalue weighted by Crippen LogP contribution is 2.35. The van der Waals surface area contributed by atoms with Crippen molar-refractivity contribution in [2.45, 2.75) is 0 Å². The van der Waals surface area contributed by atoms with Crippen molar-refractivity contribution < 1.29 is 13.6 Å². The maximum absolute atomic E-state index is 4.67. The first-order chi connectivity index (χ1) is 3.35. The lowest BCUT2D eigenvalue weighted by Crippen LogP contribution is -1.81. The van der Waals surface area contributed by atoms with Crippen molar-refractivity contribution in [3.63, 3.8) is 0 Å². The van der Waals surface area contributed by atoms with Gasteiger partial charge in [-0.3, -0.25) is 0 Å². The molecule has 0 aliphatic rings. The summed E-state index contributed by atoms with van der Waals surface area (Å²) in [6.07, 6.45) is 0. The van der Waals surface area contributed by atoms with Crippen LogP contribution in [0.5, 0.6) is 0 Å². The van der Waals surface area contributed by atoms with Gasteiger partial charge in [0.05, 0.1) is 0 Å². The summed E-state index contributed by atoms with van der Waals surface area (Å²) in [5.74, 6) is 0. The predicted octanol–water partition coefficient (Wildman–Crippen LogP) is 1.57. The van der Waals surface area contributed by atoms with Crippen LogP contribution in [-0.4, -0.2) is 21.3 Å². The number of rotatable bonds is 3. The molecule has 0 saturated heterocycles. The summed E-state index contributed by atoms with van der Waals surface area (Å²) in [5, 5.41) is 0. The monoisotopic (exact) mass is 160 g/mol. The first kappa shape index (κ1) is 11.4. The van der Waals surface area contributed by atoms with Crippen LogP contribution in [-0.2, 0) is 13.6 Å². The van der Waals surface area contributed by atoms with Gasteiger partial charge in [-0.15, -0.1) is 12.4 Å². The molecule has 0 saturated carbocycles. The Morgan fingerprint density at radius 1 is 0.875 bits per heavy atom. The molecular formula is C3H10ClO3P. The summed E-state index contributed by atoms with van der Waals surface area (Å²) in [4.78, 5) is 0. The van der Waals surface area contributed by atoms with E-state index in [1.54, 1.807) is 21.3 Å². The molecular weight excluding hydrogens is 150 g/mol. The maximum Gasteiger partial charge on any atom is 0.331 e. The molecule has 0 unspecified atom stereocenters. The van der Waals surface area contributed by atoms with Crippen LogP contribution in [0.15, 0.2) is 0 Å². The molecule has 0 heterocycles. The van der Waals surface area contributed by atoms with Crippen LogP contribution in [0.2, 0.25) is 0 Å². The second-order valence-electron chi connectivity index (χ2n) is 0.771. The van der Waals surface area contributed by atoms with Gasteiger partial charge in [-0.05, 0) is 0 Å². The third-order valence-corrected chi connectivity index (χ3v) is 1.34. The van der Waals surface area contributed by atoms with Crippen LogP contribution in [0.4, 0.5) is 0 Å². The predicted molar refractivity (Wildman–Crippen MR) is 35.2 cm³/mol. The van der Waals surface area contributed by atoms with Crippen LogP contribution < -0.4 is 0 Å². The molecule has 8 heavy (non-hydrogen) atoms. The third-order valence-electron chi connectivity index (χ3n) is 0.447. The molecule has 3 nitrogen and oxygen atoms in total. The molecule has 0 spiro atoms. The highest BCUT2D eigenvalue weighted by molar-refractivity contribution is 7.41. The largest absolute Gasteiger partial charge is 0.331 e. The minimum Gasteiger partial charge on any atom is -0.316 e. The van der Waals surface area contributed by atoms with E-state index in [0.717, 1.165) is 0 Å². The molecule has 0 aromatic heterocycles. The summed E-state index contributed by atoms with van der Waals surface area (Å²) in [6, 6.07) is 0. The Balaban J connectivity index is 0. The van der Waals surface area contributed by atoms with Gasteiger partial charge in [0.2, 0.25) is 0 Å². The Morgan fingerprint density at radius 2 is 1.12 bits per heavy atom. The van der Waals surface area contributed by atoms with Crippen LogP contribution in [0, 0.1) is 0 Å². The van der Waals surface area contributed by atoms with Gasteiger partial charge in [-0.25, -0.2) is 0 Å². The first-order valence-corrected chi connectivity index (χ1v) is 2.87. The van der Waals surface area contributed by atoms with E-state index in [0.29, 0.717) is 0 Å². The fraction of sp³-hybridized carbons (Fsp3) is 1.00. The zero-order valence-electron chi connectivity index (χ0n) is 5.08. The standard InChI is InChI=1S/C3H9O3P.ClH/c1-4-7(5-2)6-3;/h1-3H3;1H. The van der Waals surface area contributed by atoms with Crippen LogP contribution in [0.1, 0.15) is 0 Å². The van der Waals surface area contributed by atoms with Gasteiger partial charge >= 0.3 is 8.60 Å². The second kappa shape index (κ2) is 7.60. The van der Waals surface area contributed by atoms with E-state index in [9.17, 15) is 0 Å². The minimum atomic E-state index is -1.05. The molecule has 0 aromatic rings. The molecule has 52 valence electrons. The Labute approximate surface area is 56.7 Å². The summed E-state index contributed by atoms with van der Waals surface area (Å²) in [6.45, 7) is 0. The van der Waals surface area contributed by atoms with Gasteiger partial charge < -0.3 is 13.6 Å². The first-order valence-electron chi connectivity index (χ1n) is 1.77. The van der Waals surface area contributed by atoms with Crippen molar-refractivity contribution in [1.29, 1.82) is 0 Å². The zero-order valence-corrected chi connectivity index (χ0v) is 6.79. The van der Waals surface area contributed by atoms with Crippen molar-refractivity contribution in [2.24, 2.45) is 0 Å². The van der Waals surface area contributed by atoms with Gasteiger partial charge in [0.25, 0.3) is 0 Å². The fourth-order valence-electron chi connectivity index (χ4n) is 0.224. The molecule has 0 aliphatic carbocycles. The van der Waals surface area contributed by atoms with Crippen molar-refractivity contribution in [3.05, 3.63) is 0 Å². The van der Waals surface area contributed by atoms with E-state index in [2.05, 4.69) is 13.6 Å². The average molecular weight is 161 g/mol. The Morgan fingerprint density at radius 3 is 1.12 bits per heavy atom. The van der Waals surface area contributed by atoms with Gasteiger partial charge in [-0.2, -0.15) is 0 Å². The molecule has 0 aromatic carbocycles. The lowest BCUT2D eigenvalue weighted by molar-refractivity contribution is 0.239. The molecule has 5 heteroatoms. The average Bonchev–Trinajstić information content (AvgIpc) is 1.72. The number of hydrogen-bond acceptors (Lipinski definition) is 3. The Kier molecular flexibility index (Phi) is 10.8. The summed E-state index contributed by atoms with van der Waals surface area (Å²) < 4.78 is 14.0.